The van der Waals surface area contributed by atoms with Crippen LogP contribution in [0.25, 0.3) is 0 Å². The standard InChI is InChI=1S/C32H49N9O12/c1-16(2)26(30(51)40-22(31(52)53)10-12-25(46)47)41-29(50)20(4-3-13-36-32(34)35)38-23(43)15-37-28(49)21(9-11-24(44)45)39-27(48)19(33)14-17-5-7-18(42)8-6-17/h5-8,16,19-22,26,42H,3-4,9-15,33H2,1-2H3,(H,37,49)(H,38,43)(H,39,48)(H,40,51)(H,41,50)(H,44,45)(H,46,47)(H,52,53)(H4,34,35,36)/t19-,20-,21-,22-,26-/m0/s1. The van der Waals surface area contributed by atoms with Crippen molar-refractivity contribution < 1.29 is 58.8 Å². The van der Waals surface area contributed by atoms with Crippen molar-refractivity contribution in [1.82, 2.24) is 26.6 Å². The van der Waals surface area contributed by atoms with E-state index < -0.39 is 109 Å². The number of nitrogens with one attached hydrogen (secondary N) is 5. The van der Waals surface area contributed by atoms with Crippen LogP contribution in [0.5, 0.6) is 5.75 Å². The number of carboxylic acid groups (broad SMARTS) is 3. The number of rotatable bonds is 24. The van der Waals surface area contributed by atoms with Gasteiger partial charge in [-0.25, -0.2) is 4.79 Å². The number of amides is 5. The number of guanidine groups is 1. The molecule has 294 valence electrons. The van der Waals surface area contributed by atoms with Crippen LogP contribution in [-0.2, 0) is 44.8 Å². The summed E-state index contributed by atoms with van der Waals surface area (Å²) in [5.74, 6) is -9.22. The summed E-state index contributed by atoms with van der Waals surface area (Å²) in [6, 6.07) is -0.886. The third-order valence-corrected chi connectivity index (χ3v) is 7.54. The minimum Gasteiger partial charge on any atom is -0.508 e. The summed E-state index contributed by atoms with van der Waals surface area (Å²) in [6.07, 6.45) is -1.72. The summed E-state index contributed by atoms with van der Waals surface area (Å²) in [7, 11) is 0. The molecule has 0 radical (unpaired) electrons. The summed E-state index contributed by atoms with van der Waals surface area (Å²) >= 11 is 0. The van der Waals surface area contributed by atoms with E-state index in [0.717, 1.165) is 0 Å². The maximum absolute atomic E-state index is 13.4. The van der Waals surface area contributed by atoms with E-state index in [1.54, 1.807) is 26.0 Å². The van der Waals surface area contributed by atoms with E-state index in [1.165, 1.54) is 12.1 Å². The SMILES string of the molecule is CC(C)[C@H](NC(=O)[C@H](CCCN=C(N)N)NC(=O)CNC(=O)[C@H](CCC(=O)O)NC(=O)[C@@H](N)Cc1ccc(O)cc1)C(=O)N[C@@H](CCC(=O)O)C(=O)O. The summed E-state index contributed by atoms with van der Waals surface area (Å²) in [6.45, 7) is 2.43. The third kappa shape index (κ3) is 18.2. The number of aliphatic imine (C=N–C) groups is 1. The molecule has 5 amide bonds. The Morgan fingerprint density at radius 2 is 1.26 bits per heavy atom. The van der Waals surface area contributed by atoms with Gasteiger partial charge in [0, 0.05) is 19.4 Å². The number of aromatic hydroxyl groups is 1. The average molecular weight is 752 g/mol. The largest absolute Gasteiger partial charge is 0.508 e. The Balaban J connectivity index is 3.03. The first-order valence-corrected chi connectivity index (χ1v) is 16.5. The predicted molar refractivity (Wildman–Crippen MR) is 187 cm³/mol. The second-order valence-electron chi connectivity index (χ2n) is 12.3. The molecular formula is C32H49N9O12. The van der Waals surface area contributed by atoms with E-state index >= 15 is 0 Å². The Bertz CT molecular complexity index is 1480. The van der Waals surface area contributed by atoms with E-state index in [1.807, 2.05) is 0 Å². The van der Waals surface area contributed by atoms with Gasteiger partial charge in [0.15, 0.2) is 5.96 Å². The minimum absolute atomic E-state index is 0.00339. The smallest absolute Gasteiger partial charge is 0.326 e. The molecule has 5 atom stereocenters. The lowest BCUT2D eigenvalue weighted by Gasteiger charge is -2.26. The molecule has 0 heterocycles. The predicted octanol–water partition coefficient (Wildman–Crippen LogP) is -3.16. The van der Waals surface area contributed by atoms with Crippen molar-refractivity contribution in [2.75, 3.05) is 13.1 Å². The van der Waals surface area contributed by atoms with E-state index in [2.05, 4.69) is 31.6 Å². The number of phenolic OH excluding ortho intramolecular Hbond substituents is 1. The van der Waals surface area contributed by atoms with Crippen LogP contribution in [0.4, 0.5) is 0 Å². The number of carboxylic acids is 3. The van der Waals surface area contributed by atoms with Gasteiger partial charge in [-0.15, -0.1) is 0 Å². The number of hydrogen-bond donors (Lipinski definition) is 12. The van der Waals surface area contributed by atoms with Gasteiger partial charge in [0.1, 0.15) is 29.9 Å². The van der Waals surface area contributed by atoms with Crippen molar-refractivity contribution in [2.45, 2.75) is 89.0 Å². The molecule has 0 aliphatic rings. The van der Waals surface area contributed by atoms with Gasteiger partial charge in [-0.2, -0.15) is 0 Å². The highest BCUT2D eigenvalue weighted by atomic mass is 16.4. The van der Waals surface area contributed by atoms with Crippen molar-refractivity contribution in [2.24, 2.45) is 28.1 Å². The molecule has 53 heavy (non-hydrogen) atoms. The van der Waals surface area contributed by atoms with Crippen LogP contribution in [-0.4, -0.2) is 117 Å². The molecule has 0 spiro atoms. The number of nitrogens with two attached hydrogens (primary N) is 3. The zero-order valence-electron chi connectivity index (χ0n) is 29.4. The van der Waals surface area contributed by atoms with Crippen molar-refractivity contribution >= 4 is 53.4 Å². The number of carbonyl (C=O) groups is 8. The topological polar surface area (TPSA) is 368 Å². The van der Waals surface area contributed by atoms with Gasteiger partial charge in [-0.3, -0.25) is 38.6 Å². The van der Waals surface area contributed by atoms with Gasteiger partial charge in [0.25, 0.3) is 0 Å². The fraction of sp³-hybridized carbons (Fsp3) is 0.531. The maximum Gasteiger partial charge on any atom is 0.326 e. The van der Waals surface area contributed by atoms with Crippen LogP contribution >= 0.6 is 0 Å². The van der Waals surface area contributed by atoms with E-state index in [9.17, 15) is 48.6 Å². The molecule has 0 saturated heterocycles. The van der Waals surface area contributed by atoms with Crippen molar-refractivity contribution in [1.29, 1.82) is 0 Å². The summed E-state index contributed by atoms with van der Waals surface area (Å²) < 4.78 is 0. The monoisotopic (exact) mass is 751 g/mol. The first-order chi connectivity index (χ1) is 24.8. The third-order valence-electron chi connectivity index (χ3n) is 7.54. The van der Waals surface area contributed by atoms with Crippen molar-refractivity contribution in [3.05, 3.63) is 29.8 Å². The van der Waals surface area contributed by atoms with Crippen LogP contribution in [0.1, 0.15) is 57.9 Å². The number of nitrogens with zero attached hydrogens (tertiary/aromatic N) is 1. The zero-order chi connectivity index (χ0) is 40.2. The fourth-order valence-corrected chi connectivity index (χ4v) is 4.68. The molecule has 0 aliphatic heterocycles. The fourth-order valence-electron chi connectivity index (χ4n) is 4.68. The van der Waals surface area contributed by atoms with Crippen molar-refractivity contribution in [3.63, 3.8) is 0 Å². The van der Waals surface area contributed by atoms with Crippen LogP contribution in [0, 0.1) is 5.92 Å². The van der Waals surface area contributed by atoms with E-state index in [4.69, 9.17) is 27.4 Å². The average Bonchev–Trinajstić information content (AvgIpc) is 3.07. The van der Waals surface area contributed by atoms with Gasteiger partial charge in [-0.05, 0) is 55.7 Å². The lowest BCUT2D eigenvalue weighted by atomic mass is 10.0. The van der Waals surface area contributed by atoms with Gasteiger partial charge in [-0.1, -0.05) is 26.0 Å². The van der Waals surface area contributed by atoms with Crippen LogP contribution < -0.4 is 43.8 Å². The molecule has 0 fully saturated rings. The van der Waals surface area contributed by atoms with E-state index in [0.29, 0.717) is 5.56 Å². The Morgan fingerprint density at radius 3 is 1.79 bits per heavy atom. The van der Waals surface area contributed by atoms with Crippen LogP contribution in [0.2, 0.25) is 0 Å². The number of hydrogen-bond acceptors (Lipinski definition) is 11. The molecule has 1 aromatic rings. The molecule has 0 aromatic heterocycles. The molecular weight excluding hydrogens is 702 g/mol. The molecule has 15 N–H and O–H groups in total. The lowest BCUT2D eigenvalue weighted by molar-refractivity contribution is -0.144. The molecule has 0 aliphatic carbocycles. The summed E-state index contributed by atoms with van der Waals surface area (Å²) in [4.78, 5) is 103. The highest BCUT2D eigenvalue weighted by Crippen LogP contribution is 2.12. The highest BCUT2D eigenvalue weighted by molar-refractivity contribution is 5.95. The quantitative estimate of drug-likeness (QED) is 0.0282. The molecule has 0 bridgehead atoms. The highest BCUT2D eigenvalue weighted by Gasteiger charge is 2.32. The normalized spacial score (nSPS) is 13.6. The van der Waals surface area contributed by atoms with E-state index in [-0.39, 0.29) is 43.9 Å². The Hall–Kier alpha value is -5.99. The van der Waals surface area contributed by atoms with Crippen LogP contribution in [0.3, 0.4) is 0 Å². The molecule has 1 aromatic carbocycles. The summed E-state index contributed by atoms with van der Waals surface area (Å²) in [5.41, 5.74) is 17.3. The lowest BCUT2D eigenvalue weighted by Crippen LogP contribution is -2.58. The van der Waals surface area contributed by atoms with Gasteiger partial charge in [0.05, 0.1) is 12.6 Å². The number of phenols is 1. The second-order valence-corrected chi connectivity index (χ2v) is 12.3. The Morgan fingerprint density at radius 1 is 0.717 bits per heavy atom. The number of carbonyl (C=O) groups excluding carboxylic acids is 5. The molecule has 1 rings (SSSR count). The maximum atomic E-state index is 13.4. The Kier molecular flexibility index (Phi) is 19.3. The summed E-state index contributed by atoms with van der Waals surface area (Å²) in [5, 5.41) is 48.7. The zero-order valence-corrected chi connectivity index (χ0v) is 29.4. The second kappa shape index (κ2) is 22.7. The number of benzene rings is 1. The van der Waals surface area contributed by atoms with Crippen molar-refractivity contribution in [3.8, 4) is 5.75 Å². The molecule has 0 saturated carbocycles. The minimum atomic E-state index is -1.56. The van der Waals surface area contributed by atoms with Gasteiger partial charge < -0.3 is 64.2 Å². The van der Waals surface area contributed by atoms with Gasteiger partial charge >= 0.3 is 17.9 Å². The molecule has 21 nitrogen and oxygen atoms in total. The first kappa shape index (κ1) is 45.0. The van der Waals surface area contributed by atoms with Crippen LogP contribution in [0.15, 0.2) is 29.3 Å². The molecule has 0 unspecified atom stereocenters. The first-order valence-electron chi connectivity index (χ1n) is 16.5. The molecule has 21 heteroatoms. The number of aliphatic carboxylic acids is 3. The van der Waals surface area contributed by atoms with Gasteiger partial charge in [0.2, 0.25) is 29.5 Å². The Labute approximate surface area is 304 Å².